The minimum atomic E-state index is 1.10. The van der Waals surface area contributed by atoms with E-state index in [4.69, 9.17) is 0 Å². The fourth-order valence-electron chi connectivity index (χ4n) is 8.59. The van der Waals surface area contributed by atoms with Crippen LogP contribution in [0.2, 0.25) is 0 Å². The number of hydrogen-bond acceptors (Lipinski definition) is 2. The van der Waals surface area contributed by atoms with Crippen molar-refractivity contribution in [2.45, 2.75) is 0 Å². The molecule has 0 amide bonds. The number of rotatable bonds is 7. The summed E-state index contributed by atoms with van der Waals surface area (Å²) in [6.07, 6.45) is 0. The Labute approximate surface area is 342 Å². The van der Waals surface area contributed by atoms with Crippen molar-refractivity contribution in [1.29, 1.82) is 0 Å². The summed E-state index contributed by atoms with van der Waals surface area (Å²) < 4.78 is 2.64. The van der Waals surface area contributed by atoms with Crippen molar-refractivity contribution in [2.24, 2.45) is 0 Å². The van der Waals surface area contributed by atoms with Crippen molar-refractivity contribution in [1.82, 2.24) is 0 Å². The lowest BCUT2D eigenvalue weighted by atomic mass is 9.96. The summed E-state index contributed by atoms with van der Waals surface area (Å²) in [4.78, 5) is 2.38. The minimum Gasteiger partial charge on any atom is -0.310 e. The largest absolute Gasteiger partial charge is 0.310 e. The van der Waals surface area contributed by atoms with Gasteiger partial charge in [-0.3, -0.25) is 0 Å². The first-order valence-corrected chi connectivity index (χ1v) is 20.6. The van der Waals surface area contributed by atoms with Crippen molar-refractivity contribution < 1.29 is 0 Å². The fourth-order valence-corrected chi connectivity index (χ4v) is 9.72. The molecule has 0 aliphatic heterocycles. The second-order valence-corrected chi connectivity index (χ2v) is 16.0. The van der Waals surface area contributed by atoms with Gasteiger partial charge in [0, 0.05) is 37.2 Å². The zero-order valence-electron chi connectivity index (χ0n) is 31.7. The van der Waals surface area contributed by atoms with E-state index in [1.165, 1.54) is 86.2 Å². The van der Waals surface area contributed by atoms with Gasteiger partial charge in [-0.05, 0) is 127 Å². The lowest BCUT2D eigenvalue weighted by Gasteiger charge is -2.26. The Balaban J connectivity index is 0.996. The van der Waals surface area contributed by atoms with Gasteiger partial charge in [0.15, 0.2) is 0 Å². The van der Waals surface area contributed by atoms with E-state index in [0.29, 0.717) is 0 Å². The van der Waals surface area contributed by atoms with Crippen LogP contribution in [0.15, 0.2) is 224 Å². The molecule has 272 valence electrons. The number of anilines is 3. The van der Waals surface area contributed by atoms with Gasteiger partial charge in [-0.2, -0.15) is 0 Å². The van der Waals surface area contributed by atoms with E-state index in [2.05, 4.69) is 229 Å². The van der Waals surface area contributed by atoms with Crippen molar-refractivity contribution in [3.05, 3.63) is 224 Å². The van der Waals surface area contributed by atoms with Crippen LogP contribution in [0, 0.1) is 0 Å². The molecule has 0 N–H and O–H groups in total. The molecule has 2 heteroatoms. The molecular formula is C56H37NS. The molecule has 0 saturated heterocycles. The molecule has 0 fully saturated rings. The van der Waals surface area contributed by atoms with Crippen molar-refractivity contribution in [3.8, 4) is 44.5 Å². The maximum Gasteiger partial charge on any atom is 0.0467 e. The monoisotopic (exact) mass is 755 g/mol. The van der Waals surface area contributed by atoms with Crippen LogP contribution in [0.1, 0.15) is 0 Å². The first kappa shape index (κ1) is 34.0. The summed E-state index contributed by atoms with van der Waals surface area (Å²) in [5, 5.41) is 7.65. The van der Waals surface area contributed by atoms with Gasteiger partial charge in [0.05, 0.1) is 0 Å². The molecule has 1 heterocycles. The van der Waals surface area contributed by atoms with E-state index in [0.717, 1.165) is 17.1 Å². The minimum absolute atomic E-state index is 1.10. The maximum absolute atomic E-state index is 2.38. The van der Waals surface area contributed by atoms with Crippen molar-refractivity contribution >= 4 is 70.1 Å². The average Bonchev–Trinajstić information content (AvgIpc) is 3.69. The van der Waals surface area contributed by atoms with Gasteiger partial charge in [0.1, 0.15) is 0 Å². The molecule has 1 aromatic heterocycles. The van der Waals surface area contributed by atoms with E-state index in [1.54, 1.807) is 0 Å². The lowest BCUT2D eigenvalue weighted by molar-refractivity contribution is 1.28. The highest BCUT2D eigenvalue weighted by Crippen LogP contribution is 2.43. The highest BCUT2D eigenvalue weighted by Gasteiger charge is 2.17. The molecule has 58 heavy (non-hydrogen) atoms. The third kappa shape index (κ3) is 6.12. The van der Waals surface area contributed by atoms with Crippen LogP contribution in [0.3, 0.4) is 0 Å². The van der Waals surface area contributed by atoms with E-state index >= 15 is 0 Å². The SMILES string of the molecule is c1cc(-c2ccc(N(c3ccc(-c4cccc5sc6ccccc6c45)cc3)c3cccc(-c4cccc5ccccc45)c3)cc2)cc(-c2ccc3ccccc3c2)c1. The second kappa shape index (κ2) is 14.4. The quantitative estimate of drug-likeness (QED) is 0.157. The summed E-state index contributed by atoms with van der Waals surface area (Å²) in [7, 11) is 0. The molecule has 0 aliphatic rings. The molecule has 0 aliphatic carbocycles. The third-order valence-corrected chi connectivity index (χ3v) is 12.6. The van der Waals surface area contributed by atoms with E-state index in [-0.39, 0.29) is 0 Å². The smallest absolute Gasteiger partial charge is 0.0467 e. The Morgan fingerprint density at radius 3 is 1.66 bits per heavy atom. The van der Waals surface area contributed by atoms with Crippen LogP contribution < -0.4 is 4.90 Å². The second-order valence-electron chi connectivity index (χ2n) is 14.9. The number of hydrogen-bond donors (Lipinski definition) is 0. The molecule has 11 aromatic rings. The number of fused-ring (bicyclic) bond motifs is 5. The predicted molar refractivity (Wildman–Crippen MR) is 251 cm³/mol. The Morgan fingerprint density at radius 2 is 0.828 bits per heavy atom. The van der Waals surface area contributed by atoms with Crippen LogP contribution >= 0.6 is 11.3 Å². The molecule has 1 nitrogen and oxygen atoms in total. The van der Waals surface area contributed by atoms with Gasteiger partial charge in [-0.15, -0.1) is 11.3 Å². The Kier molecular flexibility index (Phi) is 8.42. The topological polar surface area (TPSA) is 3.24 Å². The summed E-state index contributed by atoms with van der Waals surface area (Å²) in [5.41, 5.74) is 13.0. The van der Waals surface area contributed by atoms with Crippen LogP contribution in [-0.2, 0) is 0 Å². The predicted octanol–water partition coefficient (Wildman–Crippen LogP) is 16.5. The van der Waals surface area contributed by atoms with Gasteiger partial charge >= 0.3 is 0 Å². The number of thiophene rings is 1. The fraction of sp³-hybridized carbons (Fsp3) is 0. The summed E-state index contributed by atoms with van der Waals surface area (Å²) >= 11 is 1.86. The lowest BCUT2D eigenvalue weighted by Crippen LogP contribution is -2.10. The normalized spacial score (nSPS) is 11.4. The van der Waals surface area contributed by atoms with E-state index < -0.39 is 0 Å². The zero-order valence-corrected chi connectivity index (χ0v) is 32.5. The number of nitrogens with zero attached hydrogens (tertiary/aromatic N) is 1. The van der Waals surface area contributed by atoms with Gasteiger partial charge in [-0.25, -0.2) is 0 Å². The summed E-state index contributed by atoms with van der Waals surface area (Å²) in [6.45, 7) is 0. The van der Waals surface area contributed by atoms with Crippen LogP contribution in [-0.4, -0.2) is 0 Å². The van der Waals surface area contributed by atoms with Gasteiger partial charge in [-0.1, -0.05) is 164 Å². The van der Waals surface area contributed by atoms with Crippen LogP contribution in [0.25, 0.3) is 86.2 Å². The molecule has 0 unspecified atom stereocenters. The molecule has 11 rings (SSSR count). The maximum atomic E-state index is 2.38. The highest BCUT2D eigenvalue weighted by molar-refractivity contribution is 7.25. The molecular weight excluding hydrogens is 719 g/mol. The molecule has 0 bridgehead atoms. The van der Waals surface area contributed by atoms with Crippen LogP contribution in [0.5, 0.6) is 0 Å². The van der Waals surface area contributed by atoms with Gasteiger partial charge in [0.2, 0.25) is 0 Å². The summed E-state index contributed by atoms with van der Waals surface area (Å²) in [5.74, 6) is 0. The first-order chi connectivity index (χ1) is 28.7. The Hall–Kier alpha value is -7.26. The highest BCUT2D eigenvalue weighted by atomic mass is 32.1. The van der Waals surface area contributed by atoms with Gasteiger partial charge in [0.25, 0.3) is 0 Å². The summed E-state index contributed by atoms with van der Waals surface area (Å²) in [6, 6.07) is 81.9. The first-order valence-electron chi connectivity index (χ1n) is 19.8. The zero-order chi connectivity index (χ0) is 38.4. The third-order valence-electron chi connectivity index (χ3n) is 11.4. The van der Waals surface area contributed by atoms with Crippen molar-refractivity contribution in [3.63, 3.8) is 0 Å². The standard InChI is InChI=1S/C56H37NS/c1-2-13-42-36-45(26-25-38(42)11-1)44-16-7-15-43(35-44)39-27-31-47(32-28-39)57(49-18-8-17-46(37-49)51-21-9-14-40-12-3-4-19-50(40)51)48-33-29-41(30-34-48)52-22-10-24-55-56(52)53-20-5-6-23-54(53)58-55/h1-37H. The van der Waals surface area contributed by atoms with Crippen molar-refractivity contribution in [2.75, 3.05) is 4.90 Å². The Bertz CT molecular complexity index is 3280. The number of benzene rings is 10. The molecule has 0 saturated carbocycles. The van der Waals surface area contributed by atoms with E-state index in [1.807, 2.05) is 11.3 Å². The molecule has 0 radical (unpaired) electrons. The van der Waals surface area contributed by atoms with Crippen LogP contribution in [0.4, 0.5) is 17.1 Å². The average molecular weight is 756 g/mol. The van der Waals surface area contributed by atoms with Gasteiger partial charge < -0.3 is 4.90 Å². The van der Waals surface area contributed by atoms with E-state index in [9.17, 15) is 0 Å². The molecule has 0 atom stereocenters. The molecule has 10 aromatic carbocycles. The Morgan fingerprint density at radius 1 is 0.276 bits per heavy atom. The molecule has 0 spiro atoms.